The van der Waals surface area contributed by atoms with Gasteiger partial charge >= 0.3 is 5.97 Å². The Hall–Kier alpha value is -2.60. The predicted molar refractivity (Wildman–Crippen MR) is 98.0 cm³/mol. The molecule has 1 aliphatic heterocycles. The van der Waals surface area contributed by atoms with E-state index in [9.17, 15) is 14.4 Å². The van der Waals surface area contributed by atoms with Crippen LogP contribution in [0.4, 0.5) is 0 Å². The summed E-state index contributed by atoms with van der Waals surface area (Å²) in [5.41, 5.74) is 2.65. The molecule has 0 fully saturated rings. The Bertz CT molecular complexity index is 888. The highest BCUT2D eigenvalue weighted by atomic mass is 32.2. The maximum absolute atomic E-state index is 12.9. The van der Waals surface area contributed by atoms with Gasteiger partial charge in [-0.1, -0.05) is 6.07 Å². The van der Waals surface area contributed by atoms with Crippen LogP contribution >= 0.6 is 11.8 Å². The Morgan fingerprint density at radius 1 is 1.04 bits per heavy atom. The number of carbonyl (C=O) groups is 3. The van der Waals surface area contributed by atoms with Crippen molar-refractivity contribution in [3.05, 3.63) is 58.7 Å². The lowest BCUT2D eigenvalue weighted by Crippen LogP contribution is -2.08. The first-order valence-corrected chi connectivity index (χ1v) is 9.10. The molecule has 6 heteroatoms. The van der Waals surface area contributed by atoms with Crippen molar-refractivity contribution in [2.24, 2.45) is 0 Å². The second-order valence-electron chi connectivity index (χ2n) is 5.85. The van der Waals surface area contributed by atoms with E-state index in [1.807, 2.05) is 6.07 Å². The molecule has 0 unspecified atom stereocenters. The van der Waals surface area contributed by atoms with Crippen molar-refractivity contribution in [1.29, 1.82) is 0 Å². The number of hydrogen-bond acceptors (Lipinski definition) is 6. The van der Waals surface area contributed by atoms with Crippen LogP contribution in [0.1, 0.15) is 44.7 Å². The van der Waals surface area contributed by atoms with Crippen LogP contribution in [0.3, 0.4) is 0 Å². The summed E-state index contributed by atoms with van der Waals surface area (Å²) >= 11 is 1.52. The number of carbonyl (C=O) groups excluding carboxylic acids is 3. The number of hydrogen-bond donors (Lipinski definition) is 0. The third-order valence-corrected chi connectivity index (χ3v) is 5.38. The summed E-state index contributed by atoms with van der Waals surface area (Å²) in [5.74, 6) is 0.708. The number of fused-ring (bicyclic) bond motifs is 2. The highest BCUT2D eigenvalue weighted by Crippen LogP contribution is 2.36. The molecule has 5 nitrogen and oxygen atoms in total. The van der Waals surface area contributed by atoms with Crippen LogP contribution in [0.5, 0.6) is 5.75 Å². The molecular weight excluding hydrogens is 352 g/mol. The van der Waals surface area contributed by atoms with Crippen molar-refractivity contribution in [2.45, 2.75) is 23.5 Å². The van der Waals surface area contributed by atoms with E-state index < -0.39 is 5.97 Å². The smallest absolute Gasteiger partial charge is 0.305 e. The van der Waals surface area contributed by atoms with Crippen molar-refractivity contribution in [3.8, 4) is 5.75 Å². The van der Waals surface area contributed by atoms with E-state index in [1.165, 1.54) is 18.9 Å². The molecule has 2 aromatic carbocycles. The molecule has 0 bridgehead atoms. The van der Waals surface area contributed by atoms with Gasteiger partial charge in [-0.15, -0.1) is 11.8 Å². The number of methoxy groups -OCH3 is 2. The average Bonchev–Trinajstić information content (AvgIpc) is 2.81. The average molecular weight is 370 g/mol. The summed E-state index contributed by atoms with van der Waals surface area (Å²) in [6.07, 6.45) is 0.130. The minimum atomic E-state index is -0.415. The summed E-state index contributed by atoms with van der Waals surface area (Å²) in [7, 11) is 2.89. The standard InChI is InChI=1S/C20H18O5S/c1-24-14-4-6-15-13(9-14)11-26-18-10-12(3-5-16(18)20(15)23)17(21)7-8-19(22)25-2/h3-6,9-10H,7-8,11H2,1-2H3. The van der Waals surface area contributed by atoms with Gasteiger partial charge in [-0.25, -0.2) is 0 Å². The van der Waals surface area contributed by atoms with E-state index in [-0.39, 0.29) is 24.4 Å². The van der Waals surface area contributed by atoms with Gasteiger partial charge < -0.3 is 9.47 Å². The monoisotopic (exact) mass is 370 g/mol. The van der Waals surface area contributed by atoms with Crippen molar-refractivity contribution in [3.63, 3.8) is 0 Å². The molecule has 0 aromatic heterocycles. The second-order valence-corrected chi connectivity index (χ2v) is 6.87. The normalized spacial score (nSPS) is 12.6. The number of rotatable bonds is 5. The fourth-order valence-electron chi connectivity index (χ4n) is 2.80. The summed E-state index contributed by atoms with van der Waals surface area (Å²) in [4.78, 5) is 37.1. The van der Waals surface area contributed by atoms with Crippen LogP contribution in [0, 0.1) is 0 Å². The molecular formula is C20H18O5S. The van der Waals surface area contributed by atoms with Gasteiger partial charge in [0.05, 0.1) is 20.6 Å². The maximum atomic E-state index is 12.9. The Kier molecular flexibility index (Phi) is 5.42. The minimum Gasteiger partial charge on any atom is -0.497 e. The third-order valence-electron chi connectivity index (χ3n) is 4.27. The number of thioether (sulfide) groups is 1. The molecule has 1 aliphatic rings. The quantitative estimate of drug-likeness (QED) is 0.591. The van der Waals surface area contributed by atoms with E-state index >= 15 is 0 Å². The molecule has 2 aromatic rings. The lowest BCUT2D eigenvalue weighted by Gasteiger charge is -2.07. The van der Waals surface area contributed by atoms with E-state index in [0.717, 1.165) is 10.5 Å². The van der Waals surface area contributed by atoms with Gasteiger partial charge in [-0.05, 0) is 35.9 Å². The molecule has 3 rings (SSSR count). The zero-order valence-corrected chi connectivity index (χ0v) is 15.4. The van der Waals surface area contributed by atoms with Gasteiger partial charge in [0.2, 0.25) is 0 Å². The number of ketones is 2. The highest BCUT2D eigenvalue weighted by molar-refractivity contribution is 7.98. The molecule has 1 heterocycles. The van der Waals surface area contributed by atoms with E-state index in [1.54, 1.807) is 37.4 Å². The van der Waals surface area contributed by atoms with Crippen LogP contribution in [-0.2, 0) is 15.3 Å². The number of ether oxygens (including phenoxy) is 2. The molecule has 134 valence electrons. The van der Waals surface area contributed by atoms with E-state index in [0.29, 0.717) is 28.2 Å². The van der Waals surface area contributed by atoms with E-state index in [4.69, 9.17) is 4.74 Å². The topological polar surface area (TPSA) is 69.7 Å². The zero-order valence-electron chi connectivity index (χ0n) is 14.5. The molecule has 0 amide bonds. The molecule has 0 N–H and O–H groups in total. The van der Waals surface area contributed by atoms with Crippen molar-refractivity contribution in [2.75, 3.05) is 14.2 Å². The van der Waals surface area contributed by atoms with Crippen LogP contribution in [0.2, 0.25) is 0 Å². The van der Waals surface area contributed by atoms with Gasteiger partial charge in [0.15, 0.2) is 11.6 Å². The third kappa shape index (κ3) is 3.65. The first-order chi connectivity index (χ1) is 12.5. The van der Waals surface area contributed by atoms with Gasteiger partial charge in [-0.3, -0.25) is 14.4 Å². The molecule has 0 saturated heterocycles. The Balaban J connectivity index is 1.87. The van der Waals surface area contributed by atoms with E-state index in [2.05, 4.69) is 4.74 Å². The van der Waals surface area contributed by atoms with Crippen molar-refractivity contribution < 1.29 is 23.9 Å². The Labute approximate surface area is 155 Å². The molecule has 0 saturated carbocycles. The molecule has 0 aliphatic carbocycles. The first kappa shape index (κ1) is 18.2. The van der Waals surface area contributed by atoms with Crippen molar-refractivity contribution >= 4 is 29.3 Å². The Morgan fingerprint density at radius 3 is 2.54 bits per heavy atom. The lowest BCUT2D eigenvalue weighted by molar-refractivity contribution is -0.140. The predicted octanol–water partition coefficient (Wildman–Crippen LogP) is 3.67. The molecule has 0 atom stereocenters. The fraction of sp³-hybridized carbons (Fsp3) is 0.250. The van der Waals surface area contributed by atoms with Crippen LogP contribution in [-0.4, -0.2) is 31.8 Å². The maximum Gasteiger partial charge on any atom is 0.305 e. The van der Waals surface area contributed by atoms with Crippen molar-refractivity contribution in [1.82, 2.24) is 0 Å². The Morgan fingerprint density at radius 2 is 1.81 bits per heavy atom. The van der Waals surface area contributed by atoms with Crippen LogP contribution in [0.15, 0.2) is 41.3 Å². The lowest BCUT2D eigenvalue weighted by atomic mass is 9.97. The van der Waals surface area contributed by atoms with Gasteiger partial charge in [0.1, 0.15) is 5.75 Å². The highest BCUT2D eigenvalue weighted by Gasteiger charge is 2.23. The molecule has 26 heavy (non-hydrogen) atoms. The number of esters is 1. The summed E-state index contributed by atoms with van der Waals surface area (Å²) < 4.78 is 9.80. The summed E-state index contributed by atoms with van der Waals surface area (Å²) in [5, 5.41) is 0. The number of benzene rings is 2. The van der Waals surface area contributed by atoms with Gasteiger partial charge in [0, 0.05) is 33.8 Å². The SMILES string of the molecule is COC(=O)CCC(=O)c1ccc2c(c1)SCc1cc(OC)ccc1C2=O. The zero-order chi connectivity index (χ0) is 18.7. The minimum absolute atomic E-state index is 0.0454. The summed E-state index contributed by atoms with van der Waals surface area (Å²) in [6.45, 7) is 0. The van der Waals surface area contributed by atoms with Gasteiger partial charge in [0.25, 0.3) is 0 Å². The second kappa shape index (κ2) is 7.74. The fourth-order valence-corrected chi connectivity index (χ4v) is 3.88. The molecule has 0 radical (unpaired) electrons. The van der Waals surface area contributed by atoms with Gasteiger partial charge in [-0.2, -0.15) is 0 Å². The van der Waals surface area contributed by atoms with Crippen LogP contribution in [0.25, 0.3) is 0 Å². The first-order valence-electron chi connectivity index (χ1n) is 8.12. The number of Topliss-reactive ketones (excluding diaryl/α,β-unsaturated/α-hetero) is 1. The molecule has 0 spiro atoms. The summed E-state index contributed by atoms with van der Waals surface area (Å²) in [6, 6.07) is 10.5. The van der Waals surface area contributed by atoms with Crippen LogP contribution < -0.4 is 4.74 Å². The largest absolute Gasteiger partial charge is 0.497 e.